The number of imidazole rings is 1. The van der Waals surface area contributed by atoms with Crippen molar-refractivity contribution < 1.29 is 36.2 Å². The maximum Gasteiger partial charge on any atom is 0.393 e. The highest BCUT2D eigenvalue weighted by atomic mass is 19.4. The molecular formula is C27H31F5N8O3. The molecule has 6 rings (SSSR count). The Balaban J connectivity index is 1.26. The molecule has 3 aliphatic rings. The van der Waals surface area contributed by atoms with Gasteiger partial charge in [0.15, 0.2) is 11.3 Å². The van der Waals surface area contributed by atoms with Gasteiger partial charge in [-0.2, -0.15) is 18.3 Å². The molecule has 0 spiro atoms. The normalized spacial score (nSPS) is 24.1. The van der Waals surface area contributed by atoms with Crippen molar-refractivity contribution in [2.24, 2.45) is 23.7 Å². The highest BCUT2D eigenvalue weighted by Crippen LogP contribution is 2.43. The molecule has 0 bridgehead atoms. The molecule has 16 heteroatoms. The summed E-state index contributed by atoms with van der Waals surface area (Å²) in [5, 5.41) is 20.1. The predicted molar refractivity (Wildman–Crippen MR) is 139 cm³/mol. The number of rotatable bonds is 8. The van der Waals surface area contributed by atoms with E-state index in [4.69, 9.17) is 0 Å². The molecule has 2 saturated carbocycles. The quantitative estimate of drug-likeness (QED) is 0.329. The number of nitrogens with zero attached hydrogens (tertiary/aromatic N) is 5. The van der Waals surface area contributed by atoms with Crippen LogP contribution in [0, 0.1) is 30.6 Å². The molecule has 4 heterocycles. The number of hydrogen-bond acceptors (Lipinski definition) is 8. The molecule has 1 aliphatic heterocycles. The van der Waals surface area contributed by atoms with Gasteiger partial charge in [-0.1, -0.05) is 5.16 Å². The second-order valence-corrected chi connectivity index (χ2v) is 11.8. The third-order valence-electron chi connectivity index (χ3n) is 8.79. The van der Waals surface area contributed by atoms with Crippen LogP contribution < -0.4 is 16.0 Å². The smallest absolute Gasteiger partial charge is 0.349 e. The average Bonchev–Trinajstić information content (AvgIpc) is 3.32. The fourth-order valence-corrected chi connectivity index (χ4v) is 6.17. The van der Waals surface area contributed by atoms with E-state index < -0.39 is 47.8 Å². The molecule has 1 saturated heterocycles. The van der Waals surface area contributed by atoms with Crippen LogP contribution in [0.4, 0.5) is 22.0 Å². The van der Waals surface area contributed by atoms with Crippen molar-refractivity contribution in [3.63, 3.8) is 0 Å². The van der Waals surface area contributed by atoms with Crippen molar-refractivity contribution in [2.75, 3.05) is 13.1 Å². The number of fused-ring (bicyclic) bond motifs is 1. The summed E-state index contributed by atoms with van der Waals surface area (Å²) < 4.78 is 74.5. The second-order valence-electron chi connectivity index (χ2n) is 11.8. The number of amides is 2. The Morgan fingerprint density at radius 1 is 1.07 bits per heavy atom. The Labute approximate surface area is 242 Å². The van der Waals surface area contributed by atoms with Crippen LogP contribution in [0.5, 0.6) is 0 Å². The van der Waals surface area contributed by atoms with Crippen LogP contribution in [0.1, 0.15) is 78.0 Å². The summed E-state index contributed by atoms with van der Waals surface area (Å²) in [6.07, 6.45) is -0.0660. The molecule has 3 aromatic rings. The Bertz CT molecular complexity index is 1490. The van der Waals surface area contributed by atoms with Gasteiger partial charge < -0.3 is 16.0 Å². The van der Waals surface area contributed by atoms with Crippen LogP contribution in [-0.2, 0) is 4.79 Å². The van der Waals surface area contributed by atoms with E-state index in [0.717, 1.165) is 12.8 Å². The molecule has 43 heavy (non-hydrogen) atoms. The van der Waals surface area contributed by atoms with Gasteiger partial charge in [0.1, 0.15) is 5.69 Å². The molecule has 4 atom stereocenters. The number of aryl methyl sites for hydroxylation is 1. The van der Waals surface area contributed by atoms with Crippen molar-refractivity contribution in [2.45, 2.75) is 69.6 Å². The van der Waals surface area contributed by atoms with Crippen molar-refractivity contribution in [3.05, 3.63) is 41.1 Å². The van der Waals surface area contributed by atoms with Gasteiger partial charge in [0.05, 0.1) is 42.0 Å². The van der Waals surface area contributed by atoms with E-state index in [1.165, 1.54) is 10.7 Å². The topological polar surface area (TPSA) is 139 Å². The minimum Gasteiger partial charge on any atom is -0.349 e. The minimum absolute atomic E-state index is 0.0245. The summed E-state index contributed by atoms with van der Waals surface area (Å²) in [7, 11) is 0. The molecule has 2 amide bonds. The SMILES string of the molecule is Cc1nonc1C(=O)N[C@H](c1cn2ncc(C(NC(=O)[C@H]3CNC[C@@H]3C(F)(F)F)C3CC3)cc2n1)C1CCC(F)(F)CC1. The van der Waals surface area contributed by atoms with Crippen molar-refractivity contribution >= 4 is 17.5 Å². The lowest BCUT2D eigenvalue weighted by Crippen LogP contribution is -2.42. The minimum atomic E-state index is -4.49. The van der Waals surface area contributed by atoms with Gasteiger partial charge in [-0.15, -0.1) is 0 Å². The molecule has 2 aliphatic carbocycles. The highest BCUT2D eigenvalue weighted by molar-refractivity contribution is 5.93. The lowest BCUT2D eigenvalue weighted by Gasteiger charge is -2.33. The third-order valence-corrected chi connectivity index (χ3v) is 8.79. The Morgan fingerprint density at radius 3 is 2.44 bits per heavy atom. The average molecular weight is 611 g/mol. The number of carbonyl (C=O) groups is 2. The zero-order valence-corrected chi connectivity index (χ0v) is 23.2. The second kappa shape index (κ2) is 11.1. The van der Waals surface area contributed by atoms with Crippen molar-refractivity contribution in [1.29, 1.82) is 0 Å². The zero-order chi connectivity index (χ0) is 30.5. The van der Waals surface area contributed by atoms with E-state index in [1.807, 2.05) is 0 Å². The van der Waals surface area contributed by atoms with E-state index in [1.54, 1.807) is 19.2 Å². The van der Waals surface area contributed by atoms with Crippen LogP contribution in [0.25, 0.3) is 5.65 Å². The summed E-state index contributed by atoms with van der Waals surface area (Å²) in [5.41, 5.74) is 1.62. The van der Waals surface area contributed by atoms with Gasteiger partial charge in [0.2, 0.25) is 11.8 Å². The number of nitrogens with one attached hydrogen (secondary N) is 3. The molecule has 0 aromatic carbocycles. The van der Waals surface area contributed by atoms with Crippen LogP contribution in [0.2, 0.25) is 0 Å². The van der Waals surface area contributed by atoms with E-state index in [9.17, 15) is 31.5 Å². The van der Waals surface area contributed by atoms with Gasteiger partial charge in [0.25, 0.3) is 5.91 Å². The summed E-state index contributed by atoms with van der Waals surface area (Å²) in [6.45, 7) is 1.20. The first-order valence-corrected chi connectivity index (χ1v) is 14.3. The van der Waals surface area contributed by atoms with Crippen LogP contribution in [0.15, 0.2) is 23.1 Å². The molecule has 0 radical (unpaired) electrons. The molecule has 232 valence electrons. The maximum atomic E-state index is 14.0. The van der Waals surface area contributed by atoms with Crippen LogP contribution in [0.3, 0.4) is 0 Å². The Morgan fingerprint density at radius 2 is 1.79 bits per heavy atom. The van der Waals surface area contributed by atoms with E-state index in [0.29, 0.717) is 16.9 Å². The summed E-state index contributed by atoms with van der Waals surface area (Å²) in [6, 6.07) is 0.421. The lowest BCUT2D eigenvalue weighted by molar-refractivity contribution is -0.182. The first kappa shape index (κ1) is 29.4. The predicted octanol–water partition coefficient (Wildman–Crippen LogP) is 3.68. The fourth-order valence-electron chi connectivity index (χ4n) is 6.17. The van der Waals surface area contributed by atoms with Gasteiger partial charge in [-0.3, -0.25) is 9.59 Å². The lowest BCUT2D eigenvalue weighted by atomic mass is 9.81. The molecular weight excluding hydrogens is 579 g/mol. The zero-order valence-electron chi connectivity index (χ0n) is 23.2. The third kappa shape index (κ3) is 6.19. The van der Waals surface area contributed by atoms with E-state index in [-0.39, 0.29) is 62.0 Å². The summed E-state index contributed by atoms with van der Waals surface area (Å²) in [4.78, 5) is 30.7. The van der Waals surface area contributed by atoms with Gasteiger partial charge >= 0.3 is 6.18 Å². The standard InChI is InChI=1S/C27H31F5N8O3/c1-13-21(39-43-38-13)25(42)37-23(15-4-6-26(28,29)7-5-15)19-12-40-20(35-19)8-16(9-34-40)22(14-2-3-14)36-24(41)17-10-33-11-18(17)27(30,31)32/h8-9,12,14-15,17-18,22-23,33H,2-7,10-11H2,1H3,(H,36,41)(H,37,42)/t17-,18-,22?,23-/m0/s1. The number of aromatic nitrogens is 5. The molecule has 3 fully saturated rings. The number of alkyl halides is 5. The maximum absolute atomic E-state index is 14.0. The number of hydrogen-bond donors (Lipinski definition) is 3. The van der Waals surface area contributed by atoms with Gasteiger partial charge in [-0.05, 0) is 61.2 Å². The van der Waals surface area contributed by atoms with Crippen LogP contribution in [-0.4, -0.2) is 61.9 Å². The first-order valence-electron chi connectivity index (χ1n) is 14.3. The summed E-state index contributed by atoms with van der Waals surface area (Å²) >= 11 is 0. The van der Waals surface area contributed by atoms with Gasteiger partial charge in [0, 0.05) is 25.9 Å². The molecule has 1 unspecified atom stereocenters. The molecule has 3 aromatic heterocycles. The van der Waals surface area contributed by atoms with E-state index >= 15 is 0 Å². The molecule has 3 N–H and O–H groups in total. The fraction of sp³-hybridized carbons (Fsp3) is 0.630. The highest BCUT2D eigenvalue weighted by Gasteiger charge is 2.50. The number of carbonyl (C=O) groups excluding carboxylic acids is 2. The van der Waals surface area contributed by atoms with Crippen LogP contribution >= 0.6 is 0 Å². The molecule has 11 nitrogen and oxygen atoms in total. The summed E-state index contributed by atoms with van der Waals surface area (Å²) in [5.74, 6) is -7.29. The largest absolute Gasteiger partial charge is 0.393 e. The Kier molecular flexibility index (Phi) is 7.59. The monoisotopic (exact) mass is 610 g/mol. The van der Waals surface area contributed by atoms with Gasteiger partial charge in [-0.25, -0.2) is 22.9 Å². The number of halogens is 5. The van der Waals surface area contributed by atoms with Crippen molar-refractivity contribution in [1.82, 2.24) is 40.9 Å². The van der Waals surface area contributed by atoms with Crippen molar-refractivity contribution in [3.8, 4) is 0 Å². The Hall–Kier alpha value is -3.69. The first-order chi connectivity index (χ1) is 20.4. The van der Waals surface area contributed by atoms with E-state index in [2.05, 4.69) is 41.0 Å².